The van der Waals surface area contributed by atoms with Crippen molar-refractivity contribution in [1.29, 1.82) is 5.26 Å². The lowest BCUT2D eigenvalue weighted by Crippen LogP contribution is -2.24. The predicted octanol–water partition coefficient (Wildman–Crippen LogP) is 2.49. The molecule has 1 aliphatic heterocycles. The van der Waals surface area contributed by atoms with Crippen LogP contribution in [0.5, 0.6) is 5.75 Å². The second kappa shape index (κ2) is 4.75. The van der Waals surface area contributed by atoms with Gasteiger partial charge in [0.2, 0.25) is 0 Å². The molecule has 1 atom stereocenters. The van der Waals surface area contributed by atoms with Crippen LogP contribution in [0.4, 0.5) is 0 Å². The van der Waals surface area contributed by atoms with Crippen molar-refractivity contribution < 1.29 is 4.74 Å². The van der Waals surface area contributed by atoms with Gasteiger partial charge in [0.15, 0.2) is 0 Å². The second-order valence-corrected chi connectivity index (χ2v) is 4.66. The number of para-hydroxylation sites is 1. The normalized spacial score (nSPS) is 16.5. The fraction of sp³-hybridized carbons (Fsp3) is 0.188. The van der Waals surface area contributed by atoms with Crippen molar-refractivity contribution in [1.82, 2.24) is 0 Å². The van der Waals surface area contributed by atoms with Gasteiger partial charge in [-0.05, 0) is 23.3 Å². The number of hydrogen-bond acceptors (Lipinski definition) is 3. The van der Waals surface area contributed by atoms with Crippen molar-refractivity contribution >= 4 is 0 Å². The largest absolute Gasteiger partial charge is 0.488 e. The SMILES string of the molecule is N#Cc1ccc(-c2cccc3c2O[C@@H](CN)C3)cc1. The maximum Gasteiger partial charge on any atom is 0.130 e. The molecule has 19 heavy (non-hydrogen) atoms. The van der Waals surface area contributed by atoms with Gasteiger partial charge in [-0.25, -0.2) is 0 Å². The van der Waals surface area contributed by atoms with Gasteiger partial charge in [0.25, 0.3) is 0 Å². The Hall–Kier alpha value is -2.31. The summed E-state index contributed by atoms with van der Waals surface area (Å²) in [5.41, 5.74) is 9.68. The molecule has 0 spiro atoms. The van der Waals surface area contributed by atoms with E-state index in [-0.39, 0.29) is 6.10 Å². The number of nitrogens with two attached hydrogens (primary N) is 1. The number of nitrogens with zero attached hydrogens (tertiary/aromatic N) is 1. The molecule has 0 unspecified atom stereocenters. The zero-order chi connectivity index (χ0) is 13.2. The molecule has 3 rings (SSSR count). The average Bonchev–Trinajstić information content (AvgIpc) is 2.90. The quantitative estimate of drug-likeness (QED) is 0.890. The van der Waals surface area contributed by atoms with Crippen LogP contribution in [0, 0.1) is 11.3 Å². The van der Waals surface area contributed by atoms with Gasteiger partial charge in [-0.2, -0.15) is 5.26 Å². The Morgan fingerprint density at radius 2 is 2.00 bits per heavy atom. The summed E-state index contributed by atoms with van der Waals surface area (Å²) in [6, 6.07) is 15.8. The van der Waals surface area contributed by atoms with E-state index in [0.717, 1.165) is 23.3 Å². The van der Waals surface area contributed by atoms with Crippen LogP contribution in [0.2, 0.25) is 0 Å². The third-order valence-electron chi connectivity index (χ3n) is 3.42. The van der Waals surface area contributed by atoms with E-state index >= 15 is 0 Å². The molecule has 3 heteroatoms. The van der Waals surface area contributed by atoms with Gasteiger partial charge in [-0.15, -0.1) is 0 Å². The molecule has 0 bridgehead atoms. The highest BCUT2D eigenvalue weighted by Crippen LogP contribution is 2.38. The van der Waals surface area contributed by atoms with Crippen LogP contribution >= 0.6 is 0 Å². The molecule has 2 aromatic carbocycles. The molecule has 94 valence electrons. The second-order valence-electron chi connectivity index (χ2n) is 4.66. The molecule has 0 saturated heterocycles. The lowest BCUT2D eigenvalue weighted by Gasteiger charge is -2.10. The molecular formula is C16H14N2O. The summed E-state index contributed by atoms with van der Waals surface area (Å²) >= 11 is 0. The van der Waals surface area contributed by atoms with Crippen molar-refractivity contribution in [2.45, 2.75) is 12.5 Å². The minimum Gasteiger partial charge on any atom is -0.488 e. The number of nitriles is 1. The number of ether oxygens (including phenoxy) is 1. The van der Waals surface area contributed by atoms with E-state index in [1.54, 1.807) is 0 Å². The fourth-order valence-electron chi connectivity index (χ4n) is 2.42. The standard InChI is InChI=1S/C16H14N2O/c17-9-11-4-6-12(7-5-11)15-3-1-2-13-8-14(10-18)19-16(13)15/h1-7,14H,8,10,18H2/t14-/m1/s1. The third-order valence-corrected chi connectivity index (χ3v) is 3.42. The number of fused-ring (bicyclic) bond motifs is 1. The van der Waals surface area contributed by atoms with Gasteiger partial charge < -0.3 is 10.5 Å². The fourth-order valence-corrected chi connectivity index (χ4v) is 2.42. The van der Waals surface area contributed by atoms with E-state index in [1.807, 2.05) is 36.4 Å². The molecule has 2 N–H and O–H groups in total. The summed E-state index contributed by atoms with van der Waals surface area (Å²) in [6.07, 6.45) is 0.949. The van der Waals surface area contributed by atoms with Crippen molar-refractivity contribution in [2.24, 2.45) is 5.73 Å². The highest BCUT2D eigenvalue weighted by molar-refractivity contribution is 5.73. The minimum atomic E-state index is 0.0783. The molecule has 0 fully saturated rings. The summed E-state index contributed by atoms with van der Waals surface area (Å²) < 4.78 is 5.91. The highest BCUT2D eigenvalue weighted by atomic mass is 16.5. The Morgan fingerprint density at radius 3 is 2.68 bits per heavy atom. The van der Waals surface area contributed by atoms with Crippen molar-refractivity contribution in [3.8, 4) is 22.9 Å². The first-order chi connectivity index (χ1) is 9.31. The number of hydrogen-bond donors (Lipinski definition) is 1. The number of rotatable bonds is 2. The summed E-state index contributed by atoms with van der Waals surface area (Å²) in [5, 5.41) is 8.83. The monoisotopic (exact) mass is 250 g/mol. The molecule has 0 aliphatic carbocycles. The molecule has 0 radical (unpaired) electrons. The predicted molar refractivity (Wildman–Crippen MR) is 73.8 cm³/mol. The lowest BCUT2D eigenvalue weighted by molar-refractivity contribution is 0.242. The topological polar surface area (TPSA) is 59.0 Å². The van der Waals surface area contributed by atoms with Crippen LogP contribution in [0.3, 0.4) is 0 Å². The molecule has 3 nitrogen and oxygen atoms in total. The van der Waals surface area contributed by atoms with Crippen LogP contribution < -0.4 is 10.5 Å². The number of benzene rings is 2. The Bertz CT molecular complexity index is 641. The van der Waals surface area contributed by atoms with Crippen LogP contribution in [-0.2, 0) is 6.42 Å². The molecule has 2 aromatic rings. The smallest absolute Gasteiger partial charge is 0.130 e. The van der Waals surface area contributed by atoms with E-state index in [1.165, 1.54) is 5.56 Å². The molecular weight excluding hydrogens is 236 g/mol. The molecule has 0 saturated carbocycles. The van der Waals surface area contributed by atoms with E-state index in [4.69, 9.17) is 15.7 Å². The average molecular weight is 250 g/mol. The minimum absolute atomic E-state index is 0.0783. The first kappa shape index (κ1) is 11.8. The van der Waals surface area contributed by atoms with Gasteiger partial charge in [-0.1, -0.05) is 30.3 Å². The van der Waals surface area contributed by atoms with E-state index in [9.17, 15) is 0 Å². The molecule has 0 amide bonds. The Labute approximate surface area is 112 Å². The first-order valence-corrected chi connectivity index (χ1v) is 6.31. The van der Waals surface area contributed by atoms with Crippen LogP contribution in [0.15, 0.2) is 42.5 Å². The van der Waals surface area contributed by atoms with Crippen molar-refractivity contribution in [3.63, 3.8) is 0 Å². The van der Waals surface area contributed by atoms with Crippen molar-refractivity contribution in [2.75, 3.05) is 6.54 Å². The van der Waals surface area contributed by atoms with Gasteiger partial charge in [0.05, 0.1) is 11.6 Å². The van der Waals surface area contributed by atoms with Crippen LogP contribution in [-0.4, -0.2) is 12.6 Å². The Morgan fingerprint density at radius 1 is 1.21 bits per heavy atom. The van der Waals surface area contributed by atoms with Gasteiger partial charge >= 0.3 is 0 Å². The molecule has 1 heterocycles. The third kappa shape index (κ3) is 2.07. The summed E-state index contributed by atoms with van der Waals surface area (Å²) in [5.74, 6) is 0.933. The summed E-state index contributed by atoms with van der Waals surface area (Å²) in [4.78, 5) is 0. The van der Waals surface area contributed by atoms with Gasteiger partial charge in [0.1, 0.15) is 11.9 Å². The van der Waals surface area contributed by atoms with Gasteiger partial charge in [-0.3, -0.25) is 0 Å². The summed E-state index contributed by atoms with van der Waals surface area (Å²) in [6.45, 7) is 0.529. The van der Waals surface area contributed by atoms with E-state index in [2.05, 4.69) is 12.1 Å². The first-order valence-electron chi connectivity index (χ1n) is 6.31. The zero-order valence-electron chi connectivity index (χ0n) is 10.5. The van der Waals surface area contributed by atoms with Crippen LogP contribution in [0.25, 0.3) is 11.1 Å². The van der Waals surface area contributed by atoms with E-state index in [0.29, 0.717) is 12.1 Å². The summed E-state index contributed by atoms with van der Waals surface area (Å²) in [7, 11) is 0. The molecule has 1 aliphatic rings. The highest BCUT2D eigenvalue weighted by Gasteiger charge is 2.24. The van der Waals surface area contributed by atoms with Crippen molar-refractivity contribution in [3.05, 3.63) is 53.6 Å². The maximum atomic E-state index is 8.83. The van der Waals surface area contributed by atoms with E-state index < -0.39 is 0 Å². The lowest BCUT2D eigenvalue weighted by atomic mass is 10.00. The van der Waals surface area contributed by atoms with Gasteiger partial charge in [0, 0.05) is 18.5 Å². The Kier molecular flexibility index (Phi) is 2.94. The Balaban J connectivity index is 2.03. The van der Waals surface area contributed by atoms with Crippen LogP contribution in [0.1, 0.15) is 11.1 Å². The maximum absolute atomic E-state index is 8.83. The zero-order valence-corrected chi connectivity index (χ0v) is 10.5. The molecule has 0 aromatic heterocycles.